The molecule has 24 heavy (non-hydrogen) atoms. The van der Waals surface area contributed by atoms with Crippen molar-refractivity contribution in [3.63, 3.8) is 0 Å². The van der Waals surface area contributed by atoms with E-state index < -0.39 is 17.4 Å². The number of aryl methyl sites for hydroxylation is 1. The number of fused-ring (bicyclic) bond motifs is 1. The normalized spacial score (nSPS) is 16.8. The molecule has 8 nitrogen and oxygen atoms in total. The minimum Gasteiger partial charge on any atom is -0.390 e. The fourth-order valence-electron chi connectivity index (χ4n) is 3.20. The van der Waals surface area contributed by atoms with Crippen LogP contribution in [0.4, 0.5) is 5.95 Å². The second-order valence-electron chi connectivity index (χ2n) is 6.26. The molecule has 132 valence electrons. The average Bonchev–Trinajstić information content (AvgIpc) is 2.98. The standard InChI is InChI=1S/C15H22ClN5O3/c1-18-12-11(13(23)19(2)15(18)24)21(9-10(22)8-16)14(17-12)20-6-4-3-5-7-20/h10,22H,3-9H2,1-2H3/t10-/m0/s1. The Bertz CT molecular complexity index is 863. The van der Waals surface area contributed by atoms with Gasteiger partial charge in [-0.3, -0.25) is 13.9 Å². The number of nitrogens with zero attached hydrogens (tertiary/aromatic N) is 5. The van der Waals surface area contributed by atoms with Crippen molar-refractivity contribution in [2.45, 2.75) is 31.9 Å². The minimum atomic E-state index is -0.797. The number of imidazole rings is 1. The monoisotopic (exact) mass is 355 g/mol. The Hall–Kier alpha value is -1.80. The lowest BCUT2D eigenvalue weighted by Gasteiger charge is -2.28. The second kappa shape index (κ2) is 6.60. The molecule has 1 N–H and O–H groups in total. The highest BCUT2D eigenvalue weighted by molar-refractivity contribution is 6.18. The van der Waals surface area contributed by atoms with Gasteiger partial charge in [-0.15, -0.1) is 11.6 Å². The summed E-state index contributed by atoms with van der Waals surface area (Å²) in [6.45, 7) is 1.85. The lowest BCUT2D eigenvalue weighted by atomic mass is 10.1. The lowest BCUT2D eigenvalue weighted by Crippen LogP contribution is -2.38. The quantitative estimate of drug-likeness (QED) is 0.782. The van der Waals surface area contributed by atoms with E-state index >= 15 is 0 Å². The molecule has 2 aromatic rings. The zero-order valence-electron chi connectivity index (χ0n) is 13.9. The number of aliphatic hydroxyl groups excluding tert-OH is 1. The van der Waals surface area contributed by atoms with Crippen LogP contribution < -0.4 is 16.1 Å². The molecule has 1 aliphatic rings. The number of hydrogen-bond acceptors (Lipinski definition) is 5. The van der Waals surface area contributed by atoms with E-state index in [0.717, 1.165) is 30.5 Å². The first kappa shape index (κ1) is 17.0. The van der Waals surface area contributed by atoms with Crippen LogP contribution in [0.25, 0.3) is 11.2 Å². The van der Waals surface area contributed by atoms with E-state index in [1.807, 2.05) is 0 Å². The Morgan fingerprint density at radius 3 is 2.46 bits per heavy atom. The van der Waals surface area contributed by atoms with E-state index in [2.05, 4.69) is 9.88 Å². The van der Waals surface area contributed by atoms with E-state index in [1.165, 1.54) is 18.0 Å². The fraction of sp³-hybridized carbons (Fsp3) is 0.667. The number of aromatic nitrogens is 4. The molecule has 0 saturated carbocycles. The van der Waals surface area contributed by atoms with Gasteiger partial charge in [-0.05, 0) is 19.3 Å². The first-order valence-corrected chi connectivity index (χ1v) is 8.64. The molecule has 0 aromatic carbocycles. The third-order valence-corrected chi connectivity index (χ3v) is 4.89. The molecule has 1 atom stereocenters. The zero-order valence-corrected chi connectivity index (χ0v) is 14.7. The van der Waals surface area contributed by atoms with Crippen LogP contribution in [0.1, 0.15) is 19.3 Å². The van der Waals surface area contributed by atoms with Gasteiger partial charge in [0.05, 0.1) is 18.5 Å². The Labute approximate surface area is 143 Å². The smallest absolute Gasteiger partial charge is 0.332 e. The van der Waals surface area contributed by atoms with Gasteiger partial charge in [0.1, 0.15) is 0 Å². The number of hydrogen-bond donors (Lipinski definition) is 1. The summed E-state index contributed by atoms with van der Waals surface area (Å²) in [6, 6.07) is 0. The maximum Gasteiger partial charge on any atom is 0.332 e. The van der Waals surface area contributed by atoms with Crippen molar-refractivity contribution in [3.05, 3.63) is 20.8 Å². The van der Waals surface area contributed by atoms with Crippen molar-refractivity contribution in [1.29, 1.82) is 0 Å². The van der Waals surface area contributed by atoms with Gasteiger partial charge in [0.2, 0.25) is 5.95 Å². The third-order valence-electron chi connectivity index (χ3n) is 4.54. The topological polar surface area (TPSA) is 85.3 Å². The second-order valence-corrected chi connectivity index (χ2v) is 6.56. The van der Waals surface area contributed by atoms with Gasteiger partial charge in [-0.2, -0.15) is 4.98 Å². The average molecular weight is 356 g/mol. The van der Waals surface area contributed by atoms with Crippen LogP contribution in [0.3, 0.4) is 0 Å². The van der Waals surface area contributed by atoms with Gasteiger partial charge in [-0.25, -0.2) is 4.79 Å². The molecule has 3 heterocycles. The number of alkyl halides is 1. The number of aliphatic hydroxyl groups is 1. The number of rotatable bonds is 4. The van der Waals surface area contributed by atoms with Gasteiger partial charge >= 0.3 is 5.69 Å². The van der Waals surface area contributed by atoms with E-state index in [4.69, 9.17) is 11.6 Å². The van der Waals surface area contributed by atoms with Gasteiger partial charge in [-0.1, -0.05) is 0 Å². The van der Waals surface area contributed by atoms with Crippen LogP contribution in [0.15, 0.2) is 9.59 Å². The lowest BCUT2D eigenvalue weighted by molar-refractivity contribution is 0.178. The van der Waals surface area contributed by atoms with E-state index in [9.17, 15) is 14.7 Å². The summed E-state index contributed by atoms with van der Waals surface area (Å²) in [5.41, 5.74) is -0.166. The first-order chi connectivity index (χ1) is 11.5. The molecule has 1 saturated heterocycles. The van der Waals surface area contributed by atoms with Crippen molar-refractivity contribution < 1.29 is 5.11 Å². The summed E-state index contributed by atoms with van der Waals surface area (Å²) in [5.74, 6) is 0.678. The van der Waals surface area contributed by atoms with Crippen LogP contribution in [0.2, 0.25) is 0 Å². The van der Waals surface area contributed by atoms with Crippen LogP contribution >= 0.6 is 11.6 Å². The molecular formula is C15H22ClN5O3. The molecule has 0 unspecified atom stereocenters. The van der Waals surface area contributed by atoms with Crippen LogP contribution in [-0.4, -0.2) is 48.9 Å². The van der Waals surface area contributed by atoms with Gasteiger partial charge in [0, 0.05) is 27.2 Å². The van der Waals surface area contributed by atoms with Crippen molar-refractivity contribution >= 4 is 28.7 Å². The number of anilines is 1. The molecule has 3 rings (SSSR count). The van der Waals surface area contributed by atoms with Gasteiger partial charge in [0.25, 0.3) is 5.56 Å². The molecular weight excluding hydrogens is 334 g/mol. The van der Waals surface area contributed by atoms with Crippen molar-refractivity contribution in [2.24, 2.45) is 14.1 Å². The minimum absolute atomic E-state index is 0.0607. The summed E-state index contributed by atoms with van der Waals surface area (Å²) in [6.07, 6.45) is 2.48. The van der Waals surface area contributed by atoms with Crippen LogP contribution in [0, 0.1) is 0 Å². The summed E-state index contributed by atoms with van der Waals surface area (Å²) < 4.78 is 4.14. The maximum atomic E-state index is 12.6. The molecule has 0 radical (unpaired) electrons. The highest BCUT2D eigenvalue weighted by Gasteiger charge is 2.24. The summed E-state index contributed by atoms with van der Waals surface area (Å²) in [7, 11) is 3.04. The highest BCUT2D eigenvalue weighted by Crippen LogP contribution is 2.23. The summed E-state index contributed by atoms with van der Waals surface area (Å²) in [5, 5.41) is 10.0. The zero-order chi connectivity index (χ0) is 17.4. The molecule has 9 heteroatoms. The first-order valence-electron chi connectivity index (χ1n) is 8.11. The predicted octanol–water partition coefficient (Wildman–Crippen LogP) is 0.0237. The Morgan fingerprint density at radius 1 is 1.17 bits per heavy atom. The molecule has 0 aliphatic carbocycles. The summed E-state index contributed by atoms with van der Waals surface area (Å²) >= 11 is 5.75. The molecule has 0 amide bonds. The Balaban J connectivity index is 2.28. The summed E-state index contributed by atoms with van der Waals surface area (Å²) in [4.78, 5) is 31.5. The molecule has 0 bridgehead atoms. The largest absolute Gasteiger partial charge is 0.390 e. The molecule has 1 aliphatic heterocycles. The highest BCUT2D eigenvalue weighted by atomic mass is 35.5. The third kappa shape index (κ3) is 2.73. The number of piperidine rings is 1. The SMILES string of the molecule is Cn1c(=O)c2c(nc(N3CCCCC3)n2C[C@@H](O)CCl)n(C)c1=O. The maximum absolute atomic E-state index is 12.6. The number of halogens is 1. The van der Waals surface area contributed by atoms with Crippen molar-refractivity contribution in [3.8, 4) is 0 Å². The molecule has 0 spiro atoms. The van der Waals surface area contributed by atoms with Gasteiger partial charge < -0.3 is 14.6 Å². The van der Waals surface area contributed by atoms with Crippen LogP contribution in [-0.2, 0) is 20.6 Å². The van der Waals surface area contributed by atoms with Gasteiger partial charge in [0.15, 0.2) is 11.2 Å². The van der Waals surface area contributed by atoms with E-state index in [1.54, 1.807) is 11.6 Å². The predicted molar refractivity (Wildman–Crippen MR) is 93.0 cm³/mol. The van der Waals surface area contributed by atoms with Crippen molar-refractivity contribution in [1.82, 2.24) is 18.7 Å². The van der Waals surface area contributed by atoms with Crippen LogP contribution in [0.5, 0.6) is 0 Å². The van der Waals surface area contributed by atoms with E-state index in [-0.39, 0.29) is 12.4 Å². The van der Waals surface area contributed by atoms with Crippen molar-refractivity contribution in [2.75, 3.05) is 23.9 Å². The molecule has 2 aromatic heterocycles. The fourth-order valence-corrected chi connectivity index (χ4v) is 3.30. The molecule has 1 fully saturated rings. The Kier molecular flexibility index (Phi) is 4.69. The Morgan fingerprint density at radius 2 is 1.83 bits per heavy atom. The van der Waals surface area contributed by atoms with E-state index in [0.29, 0.717) is 17.1 Å².